The maximum atomic E-state index is 12.3. The molecule has 0 aliphatic carbocycles. The van der Waals surface area contributed by atoms with Gasteiger partial charge in [0.1, 0.15) is 0 Å². The van der Waals surface area contributed by atoms with Gasteiger partial charge in [-0.2, -0.15) is 0 Å². The Labute approximate surface area is 203 Å². The fourth-order valence-corrected chi connectivity index (χ4v) is 3.70. The van der Waals surface area contributed by atoms with Crippen LogP contribution in [0.2, 0.25) is 0 Å². The van der Waals surface area contributed by atoms with Crippen LogP contribution in [-0.4, -0.2) is 56.5 Å². The number of hydrogen-bond donors (Lipinski definition) is 3. The van der Waals surface area contributed by atoms with Crippen LogP contribution in [0.4, 0.5) is 0 Å². The van der Waals surface area contributed by atoms with Crippen LogP contribution in [0.15, 0.2) is 0 Å². The highest BCUT2D eigenvalue weighted by atomic mass is 31.0. The molecule has 0 saturated heterocycles. The van der Waals surface area contributed by atoms with Gasteiger partial charge in [0.25, 0.3) is 0 Å². The Morgan fingerprint density at radius 3 is 1.97 bits per heavy atom. The lowest BCUT2D eigenvalue weighted by atomic mass is 9.89. The summed E-state index contributed by atoms with van der Waals surface area (Å²) in [5, 5.41) is 5.78. The number of hydrogen-bond acceptors (Lipinski definition) is 6. The third-order valence-corrected chi connectivity index (χ3v) is 5.52. The zero-order chi connectivity index (χ0) is 25.7. The Balaban J connectivity index is 4.26. The highest BCUT2D eigenvalue weighted by Gasteiger charge is 2.26. The minimum atomic E-state index is -0.505. The molecule has 0 aromatic heterocycles. The summed E-state index contributed by atoms with van der Waals surface area (Å²) in [4.78, 5) is 36.5. The molecule has 0 radical (unpaired) electrons. The van der Waals surface area contributed by atoms with Gasteiger partial charge in [-0.3, -0.25) is 14.4 Å². The van der Waals surface area contributed by atoms with Gasteiger partial charge < -0.3 is 25.6 Å². The van der Waals surface area contributed by atoms with Gasteiger partial charge >= 0.3 is 0 Å². The van der Waals surface area contributed by atoms with E-state index in [0.29, 0.717) is 45.8 Å². The molecular weight excluding hydrogens is 441 g/mol. The lowest BCUT2D eigenvalue weighted by Crippen LogP contribution is -2.42. The predicted molar refractivity (Wildman–Crippen MR) is 136 cm³/mol. The molecule has 194 valence electrons. The second-order valence-electron chi connectivity index (χ2n) is 11.4. The van der Waals surface area contributed by atoms with E-state index in [-0.39, 0.29) is 40.3 Å². The first-order valence-corrected chi connectivity index (χ1v) is 12.3. The number of ketones is 1. The predicted octanol–water partition coefficient (Wildman–Crippen LogP) is 2.99. The molecular formula is C24H48N3O5P. The first-order valence-electron chi connectivity index (χ1n) is 11.8. The number of nitrogens with one attached hydrogen (secondary N) is 2. The summed E-state index contributed by atoms with van der Waals surface area (Å²) in [6.45, 7) is 16.1. The van der Waals surface area contributed by atoms with Crippen LogP contribution >= 0.6 is 9.47 Å². The maximum Gasteiger partial charge on any atom is 0.221 e. The smallest absolute Gasteiger partial charge is 0.221 e. The molecule has 0 saturated carbocycles. The lowest BCUT2D eigenvalue weighted by Gasteiger charge is -2.28. The van der Waals surface area contributed by atoms with E-state index < -0.39 is 6.04 Å². The van der Waals surface area contributed by atoms with Crippen molar-refractivity contribution in [3.05, 3.63) is 0 Å². The fourth-order valence-electron chi connectivity index (χ4n) is 3.25. The van der Waals surface area contributed by atoms with Crippen molar-refractivity contribution in [2.45, 2.75) is 86.6 Å². The number of carbonyl (C=O) groups is 3. The third-order valence-electron chi connectivity index (χ3n) is 5.36. The average molecular weight is 490 g/mol. The first-order chi connectivity index (χ1) is 15.1. The Morgan fingerprint density at radius 2 is 1.42 bits per heavy atom. The molecule has 9 heteroatoms. The summed E-state index contributed by atoms with van der Waals surface area (Å²) in [6, 6.07) is -0.505. The topological polar surface area (TPSA) is 120 Å². The van der Waals surface area contributed by atoms with Crippen molar-refractivity contribution in [1.82, 2.24) is 10.6 Å². The molecule has 0 aromatic carbocycles. The molecule has 0 heterocycles. The fraction of sp³-hybridized carbons (Fsp3) is 0.875. The minimum absolute atomic E-state index is 0.0170. The van der Waals surface area contributed by atoms with Crippen molar-refractivity contribution in [3.63, 3.8) is 0 Å². The summed E-state index contributed by atoms with van der Waals surface area (Å²) < 4.78 is 10.8. The standard InChI is InChI=1S/C24H48N3O5P/c1-18(28)19(27-21(30)13-23(4,5)17-32-33)10-8-9-11-26-20(29)12-22(2,3)15-31-16-24(6,7)14-25/h19H,8-17,25,33H2,1-7H3,(H,26,29)(H,27,30). The molecule has 0 spiro atoms. The van der Waals surface area contributed by atoms with Crippen LogP contribution in [0.1, 0.15) is 80.6 Å². The van der Waals surface area contributed by atoms with Gasteiger partial charge in [0, 0.05) is 34.3 Å². The second kappa shape index (κ2) is 15.0. The number of Topliss-reactive ketones (excluding diaryl/α,β-unsaturated/α-hetero) is 1. The van der Waals surface area contributed by atoms with E-state index in [1.165, 1.54) is 6.92 Å². The van der Waals surface area contributed by atoms with Gasteiger partial charge in [-0.1, -0.05) is 41.5 Å². The van der Waals surface area contributed by atoms with Crippen molar-refractivity contribution in [2.24, 2.45) is 22.0 Å². The number of unbranched alkanes of at least 4 members (excludes halogenated alkanes) is 1. The Bertz CT molecular complexity index is 623. The van der Waals surface area contributed by atoms with Crippen molar-refractivity contribution in [1.29, 1.82) is 0 Å². The number of rotatable bonds is 18. The van der Waals surface area contributed by atoms with Crippen LogP contribution in [0.5, 0.6) is 0 Å². The normalized spacial score (nSPS) is 13.5. The Hall–Kier alpha value is -1.08. The largest absolute Gasteiger partial charge is 0.380 e. The van der Waals surface area contributed by atoms with Gasteiger partial charge in [-0.05, 0) is 43.6 Å². The highest BCUT2D eigenvalue weighted by molar-refractivity contribution is 7.09. The van der Waals surface area contributed by atoms with Crippen LogP contribution in [0, 0.1) is 16.2 Å². The van der Waals surface area contributed by atoms with E-state index in [1.807, 2.05) is 27.7 Å². The molecule has 0 aliphatic rings. The van der Waals surface area contributed by atoms with Gasteiger partial charge in [0.05, 0.1) is 25.9 Å². The molecule has 0 aromatic rings. The van der Waals surface area contributed by atoms with Gasteiger partial charge in [0.15, 0.2) is 5.78 Å². The van der Waals surface area contributed by atoms with Crippen LogP contribution in [-0.2, 0) is 23.6 Å². The average Bonchev–Trinajstić information content (AvgIpc) is 2.65. The van der Waals surface area contributed by atoms with Gasteiger partial charge in [-0.25, -0.2) is 0 Å². The van der Waals surface area contributed by atoms with E-state index >= 15 is 0 Å². The number of carbonyl (C=O) groups excluding carboxylic acids is 3. The van der Waals surface area contributed by atoms with E-state index in [1.54, 1.807) is 0 Å². The summed E-state index contributed by atoms with van der Waals surface area (Å²) in [6.07, 6.45) is 2.67. The van der Waals surface area contributed by atoms with Crippen LogP contribution < -0.4 is 16.4 Å². The summed E-state index contributed by atoms with van der Waals surface area (Å²) in [5.41, 5.74) is 5.07. The number of amides is 2. The highest BCUT2D eigenvalue weighted by Crippen LogP contribution is 2.23. The Morgan fingerprint density at radius 1 is 0.879 bits per heavy atom. The van der Waals surface area contributed by atoms with Gasteiger partial charge in [-0.15, -0.1) is 0 Å². The summed E-state index contributed by atoms with van der Waals surface area (Å²) in [7, 11) is 2.19. The Kier molecular flexibility index (Phi) is 14.5. The van der Waals surface area contributed by atoms with Crippen molar-refractivity contribution in [3.8, 4) is 0 Å². The minimum Gasteiger partial charge on any atom is -0.380 e. The van der Waals surface area contributed by atoms with Gasteiger partial charge in [0.2, 0.25) is 11.8 Å². The molecule has 2 atom stereocenters. The molecule has 0 fully saturated rings. The number of nitrogens with two attached hydrogens (primary N) is 1. The summed E-state index contributed by atoms with van der Waals surface area (Å²) >= 11 is 0. The van der Waals surface area contributed by atoms with Crippen LogP contribution in [0.3, 0.4) is 0 Å². The van der Waals surface area contributed by atoms with E-state index in [9.17, 15) is 14.4 Å². The van der Waals surface area contributed by atoms with Crippen molar-refractivity contribution < 1.29 is 23.6 Å². The molecule has 0 bridgehead atoms. The molecule has 33 heavy (non-hydrogen) atoms. The lowest BCUT2D eigenvalue weighted by molar-refractivity contribution is -0.128. The van der Waals surface area contributed by atoms with Crippen molar-refractivity contribution in [2.75, 3.05) is 32.9 Å². The first kappa shape index (κ1) is 31.9. The maximum absolute atomic E-state index is 12.3. The molecule has 2 amide bonds. The monoisotopic (exact) mass is 489 g/mol. The summed E-state index contributed by atoms with van der Waals surface area (Å²) in [5.74, 6) is -0.237. The van der Waals surface area contributed by atoms with Crippen LogP contribution in [0.25, 0.3) is 0 Å². The SMILES string of the molecule is CC(=O)C(CCCCNC(=O)CC(C)(C)COCC(C)(C)CN)NC(=O)CC(C)(C)COP. The zero-order valence-electron chi connectivity index (χ0n) is 21.8. The second-order valence-corrected chi connectivity index (χ2v) is 11.8. The van der Waals surface area contributed by atoms with E-state index in [4.69, 9.17) is 15.0 Å². The third kappa shape index (κ3) is 16.2. The molecule has 0 aliphatic heterocycles. The molecule has 4 N–H and O–H groups in total. The molecule has 8 nitrogen and oxygen atoms in total. The van der Waals surface area contributed by atoms with Crippen molar-refractivity contribution >= 4 is 27.1 Å². The molecule has 0 rings (SSSR count). The van der Waals surface area contributed by atoms with E-state index in [2.05, 4.69) is 33.9 Å². The number of ether oxygens (including phenoxy) is 1. The molecule has 2 unspecified atom stereocenters. The quantitative estimate of drug-likeness (QED) is 0.201. The van der Waals surface area contributed by atoms with E-state index in [0.717, 1.165) is 12.8 Å². The zero-order valence-corrected chi connectivity index (χ0v) is 23.0.